The van der Waals surface area contributed by atoms with Gasteiger partial charge in [-0.1, -0.05) is 65.8 Å². The molecule has 0 unspecified atom stereocenters. The normalized spacial score (nSPS) is 11.7. The van der Waals surface area contributed by atoms with Crippen LogP contribution in [0.25, 0.3) is 11.4 Å². The Kier molecular flexibility index (Phi) is 8.26. The molecule has 3 aromatic rings. The molecule has 0 aliphatic carbocycles. The van der Waals surface area contributed by atoms with E-state index in [4.69, 9.17) is 24.9 Å². The number of ether oxygens (including phenoxy) is 1. The average molecular weight is 437 g/mol. The Bertz CT molecular complexity index is 978. The number of hydrogen-bond donors (Lipinski definition) is 2. The highest BCUT2D eigenvalue weighted by Gasteiger charge is 2.38. The van der Waals surface area contributed by atoms with Crippen molar-refractivity contribution in [2.75, 3.05) is 0 Å². The van der Waals surface area contributed by atoms with Crippen LogP contribution in [0, 0.1) is 0 Å². The van der Waals surface area contributed by atoms with Gasteiger partial charge in [-0.25, -0.2) is 4.79 Å². The Morgan fingerprint density at radius 1 is 1.06 bits per heavy atom. The van der Waals surface area contributed by atoms with Crippen LogP contribution in [0.1, 0.15) is 11.5 Å². The molecular weight excluding hydrogens is 419 g/mol. The lowest BCUT2D eigenvalue weighted by molar-refractivity contribution is -0.192. The topological polar surface area (TPSA) is 129 Å². The Labute approximate surface area is 174 Å². The largest absolute Gasteiger partial charge is 0.490 e. The first-order valence-corrected chi connectivity index (χ1v) is 8.81. The molecule has 1 aromatic heterocycles. The summed E-state index contributed by atoms with van der Waals surface area (Å²) in [5, 5.41) is 11.0. The SMILES string of the molecule is N[C@@H](Cc1nc(-c2ccccc2)no1)C(=O)OCc1ccccc1.O=C(O)C(F)(F)F. The lowest BCUT2D eigenvalue weighted by atomic mass is 10.2. The number of carbonyl (C=O) groups excluding carboxylic acids is 1. The number of aromatic nitrogens is 2. The van der Waals surface area contributed by atoms with E-state index in [2.05, 4.69) is 10.1 Å². The zero-order chi connectivity index (χ0) is 22.9. The fraction of sp³-hybridized carbons (Fsp3) is 0.200. The standard InChI is InChI=1S/C18H17N3O3.C2HF3O2/c19-15(18(22)23-12-13-7-3-1-4-8-13)11-16-20-17(21-24-16)14-9-5-2-6-10-14;3-2(4,5)1(6)7/h1-10,15H,11-12,19H2;(H,6,7)/t15-;/m0./s1. The van der Waals surface area contributed by atoms with Crippen molar-refractivity contribution in [2.24, 2.45) is 5.73 Å². The lowest BCUT2D eigenvalue weighted by Gasteiger charge is -2.09. The van der Waals surface area contributed by atoms with E-state index < -0.39 is 24.2 Å². The van der Waals surface area contributed by atoms with Gasteiger partial charge >= 0.3 is 18.1 Å². The van der Waals surface area contributed by atoms with Crippen LogP contribution in [0.4, 0.5) is 13.2 Å². The third-order valence-corrected chi connectivity index (χ3v) is 3.66. The summed E-state index contributed by atoms with van der Waals surface area (Å²) >= 11 is 0. The highest BCUT2D eigenvalue weighted by atomic mass is 19.4. The van der Waals surface area contributed by atoms with Gasteiger partial charge in [0.2, 0.25) is 11.7 Å². The van der Waals surface area contributed by atoms with Gasteiger partial charge in [0.1, 0.15) is 12.6 Å². The van der Waals surface area contributed by atoms with Gasteiger partial charge in [-0.05, 0) is 5.56 Å². The van der Waals surface area contributed by atoms with E-state index in [1.807, 2.05) is 60.7 Å². The first-order chi connectivity index (χ1) is 14.7. The average Bonchev–Trinajstić information content (AvgIpc) is 3.21. The number of carbonyl (C=O) groups is 2. The molecule has 11 heteroatoms. The molecule has 8 nitrogen and oxygen atoms in total. The van der Waals surface area contributed by atoms with Crippen LogP contribution >= 0.6 is 0 Å². The van der Waals surface area contributed by atoms with Gasteiger partial charge in [-0.2, -0.15) is 18.2 Å². The molecule has 2 aromatic carbocycles. The summed E-state index contributed by atoms with van der Waals surface area (Å²) in [6.07, 6.45) is -4.95. The van der Waals surface area contributed by atoms with E-state index in [1.165, 1.54) is 0 Å². The first-order valence-electron chi connectivity index (χ1n) is 8.81. The molecule has 0 fully saturated rings. The number of nitrogens with zero attached hydrogens (tertiary/aromatic N) is 2. The molecule has 0 radical (unpaired) electrons. The molecule has 1 heterocycles. The number of aliphatic carboxylic acids is 1. The number of esters is 1. The van der Waals surface area contributed by atoms with Crippen LogP contribution in [0.3, 0.4) is 0 Å². The number of rotatable bonds is 6. The van der Waals surface area contributed by atoms with Gasteiger partial charge in [-0.3, -0.25) is 4.79 Å². The van der Waals surface area contributed by atoms with E-state index in [9.17, 15) is 18.0 Å². The lowest BCUT2D eigenvalue weighted by Crippen LogP contribution is -2.34. The van der Waals surface area contributed by atoms with E-state index in [0.717, 1.165) is 11.1 Å². The highest BCUT2D eigenvalue weighted by molar-refractivity contribution is 5.75. The predicted molar refractivity (Wildman–Crippen MR) is 101 cm³/mol. The Morgan fingerprint density at radius 3 is 2.16 bits per heavy atom. The van der Waals surface area contributed by atoms with Crippen molar-refractivity contribution >= 4 is 11.9 Å². The van der Waals surface area contributed by atoms with Crippen molar-refractivity contribution in [1.82, 2.24) is 10.1 Å². The molecule has 0 aliphatic rings. The van der Waals surface area contributed by atoms with Crippen LogP contribution in [-0.4, -0.2) is 39.4 Å². The number of nitrogens with two attached hydrogens (primary N) is 1. The fourth-order valence-electron chi connectivity index (χ4n) is 2.15. The van der Waals surface area contributed by atoms with Crippen LogP contribution in [0.2, 0.25) is 0 Å². The fourth-order valence-corrected chi connectivity index (χ4v) is 2.15. The summed E-state index contributed by atoms with van der Waals surface area (Å²) in [4.78, 5) is 25.1. The minimum Gasteiger partial charge on any atom is -0.475 e. The molecule has 0 saturated carbocycles. The summed E-state index contributed by atoms with van der Waals surface area (Å²) in [5.41, 5.74) is 7.60. The molecule has 0 amide bonds. The summed E-state index contributed by atoms with van der Waals surface area (Å²) in [6, 6.07) is 18.0. The third kappa shape index (κ3) is 7.90. The van der Waals surface area contributed by atoms with Gasteiger partial charge < -0.3 is 20.1 Å². The second-order valence-corrected chi connectivity index (χ2v) is 6.08. The van der Waals surface area contributed by atoms with Crippen molar-refractivity contribution in [3.8, 4) is 11.4 Å². The van der Waals surface area contributed by atoms with Crippen molar-refractivity contribution in [3.05, 3.63) is 72.1 Å². The number of halogens is 3. The highest BCUT2D eigenvalue weighted by Crippen LogP contribution is 2.15. The maximum Gasteiger partial charge on any atom is 0.490 e. The van der Waals surface area contributed by atoms with E-state index in [0.29, 0.717) is 11.7 Å². The van der Waals surface area contributed by atoms with Crippen LogP contribution in [0.5, 0.6) is 0 Å². The van der Waals surface area contributed by atoms with Crippen molar-refractivity contribution in [1.29, 1.82) is 0 Å². The molecule has 31 heavy (non-hydrogen) atoms. The number of hydrogen-bond acceptors (Lipinski definition) is 7. The van der Waals surface area contributed by atoms with Crippen LogP contribution in [-0.2, 0) is 27.4 Å². The summed E-state index contributed by atoms with van der Waals surface area (Å²) < 4.78 is 42.1. The Balaban J connectivity index is 0.000000423. The number of carboxylic acids is 1. The summed E-state index contributed by atoms with van der Waals surface area (Å²) in [7, 11) is 0. The quantitative estimate of drug-likeness (QED) is 0.563. The number of carboxylic acid groups (broad SMARTS) is 1. The molecule has 3 N–H and O–H groups in total. The molecule has 0 spiro atoms. The summed E-state index contributed by atoms with van der Waals surface area (Å²) in [5.74, 6) is -2.49. The summed E-state index contributed by atoms with van der Waals surface area (Å²) in [6.45, 7) is 0.187. The van der Waals surface area contributed by atoms with Gasteiger partial charge in [0, 0.05) is 5.56 Å². The van der Waals surface area contributed by atoms with Crippen LogP contribution in [0.15, 0.2) is 65.2 Å². The number of alkyl halides is 3. The molecule has 3 rings (SSSR count). The molecule has 164 valence electrons. The Morgan fingerprint density at radius 2 is 1.61 bits per heavy atom. The zero-order valence-electron chi connectivity index (χ0n) is 16.0. The maximum absolute atomic E-state index is 12.0. The minimum absolute atomic E-state index is 0.132. The predicted octanol–water partition coefficient (Wildman–Crippen LogP) is 2.98. The molecule has 0 aliphatic heterocycles. The molecule has 0 saturated heterocycles. The van der Waals surface area contributed by atoms with E-state index in [1.54, 1.807) is 0 Å². The van der Waals surface area contributed by atoms with Gasteiger partial charge in [-0.15, -0.1) is 0 Å². The van der Waals surface area contributed by atoms with Gasteiger partial charge in [0.25, 0.3) is 0 Å². The van der Waals surface area contributed by atoms with E-state index in [-0.39, 0.29) is 13.0 Å². The van der Waals surface area contributed by atoms with Crippen molar-refractivity contribution < 1.29 is 37.1 Å². The van der Waals surface area contributed by atoms with Crippen molar-refractivity contribution in [2.45, 2.75) is 25.2 Å². The van der Waals surface area contributed by atoms with Crippen molar-refractivity contribution in [3.63, 3.8) is 0 Å². The van der Waals surface area contributed by atoms with Gasteiger partial charge in [0.15, 0.2) is 0 Å². The van der Waals surface area contributed by atoms with E-state index >= 15 is 0 Å². The smallest absolute Gasteiger partial charge is 0.475 e. The maximum atomic E-state index is 12.0. The van der Waals surface area contributed by atoms with Gasteiger partial charge in [0.05, 0.1) is 6.42 Å². The zero-order valence-corrected chi connectivity index (χ0v) is 16.0. The monoisotopic (exact) mass is 437 g/mol. The minimum atomic E-state index is -5.08. The second-order valence-electron chi connectivity index (χ2n) is 6.08. The number of benzene rings is 2. The van der Waals surface area contributed by atoms with Crippen LogP contribution < -0.4 is 5.73 Å². The molecule has 1 atom stereocenters. The third-order valence-electron chi connectivity index (χ3n) is 3.66. The first kappa shape index (κ1) is 23.5. The molecular formula is C20H18F3N3O5. The Hall–Kier alpha value is -3.73. The molecule has 0 bridgehead atoms. The second kappa shape index (κ2) is 10.9.